The Balaban J connectivity index is 1.34. The van der Waals surface area contributed by atoms with E-state index >= 15 is 0 Å². The summed E-state index contributed by atoms with van der Waals surface area (Å²) in [6.45, 7) is 4.43. The summed E-state index contributed by atoms with van der Waals surface area (Å²) < 4.78 is 6.40. The number of rotatable bonds is 5. The molecule has 212 valence electrons. The first kappa shape index (κ1) is 26.0. The van der Waals surface area contributed by atoms with Gasteiger partial charge in [-0.1, -0.05) is 109 Å². The number of phenols is 1. The highest BCUT2D eigenvalue weighted by Gasteiger charge is 2.30. The Morgan fingerprint density at radius 1 is 0.659 bits per heavy atom. The minimum absolute atomic E-state index is 0.214. The molecule has 0 saturated carbocycles. The van der Waals surface area contributed by atoms with Crippen molar-refractivity contribution < 1.29 is 9.67 Å². The Labute approximate surface area is 255 Å². The van der Waals surface area contributed by atoms with Gasteiger partial charge in [0.15, 0.2) is 0 Å². The zero-order valence-electron chi connectivity index (χ0n) is 24.5. The number of imidazole rings is 1. The van der Waals surface area contributed by atoms with Crippen LogP contribution in [0.3, 0.4) is 0 Å². The Morgan fingerprint density at radius 3 is 2.20 bits per heavy atom. The lowest BCUT2D eigenvalue weighted by Crippen LogP contribution is -2.52. The highest BCUT2D eigenvalue weighted by Crippen LogP contribution is 2.35. The summed E-state index contributed by atoms with van der Waals surface area (Å²) >= 11 is 0. The molecule has 5 aromatic carbocycles. The fourth-order valence-electron chi connectivity index (χ4n) is 6.36. The fourth-order valence-corrected chi connectivity index (χ4v) is 6.36. The molecule has 1 N–H and O–H groups in total. The smallest absolute Gasteiger partial charge is 0.245 e. The number of para-hydroxylation sites is 5. The van der Waals surface area contributed by atoms with E-state index in [1.165, 1.54) is 10.8 Å². The van der Waals surface area contributed by atoms with Crippen LogP contribution in [-0.2, 0) is 5.54 Å². The molecule has 0 aliphatic carbocycles. The van der Waals surface area contributed by atoms with E-state index in [4.69, 9.17) is 4.98 Å². The summed E-state index contributed by atoms with van der Waals surface area (Å²) in [4.78, 5) is 5.15. The van der Waals surface area contributed by atoms with E-state index in [9.17, 15) is 5.11 Å². The van der Waals surface area contributed by atoms with E-state index in [0.29, 0.717) is 5.69 Å². The van der Waals surface area contributed by atoms with Crippen LogP contribution in [-0.4, -0.2) is 19.2 Å². The first-order valence-electron chi connectivity index (χ1n) is 14.8. The minimum Gasteiger partial charge on any atom is -0.513 e. The van der Waals surface area contributed by atoms with Gasteiger partial charge in [-0.15, -0.1) is 0 Å². The molecule has 0 atom stereocenters. The average Bonchev–Trinajstić information content (AvgIpc) is 3.62. The predicted molar refractivity (Wildman–Crippen MR) is 176 cm³/mol. The number of hydrogen-bond donors (Lipinski definition) is 1. The molecule has 8 rings (SSSR count). The highest BCUT2D eigenvalue weighted by molar-refractivity contribution is 6.09. The number of benzene rings is 5. The van der Waals surface area contributed by atoms with Crippen LogP contribution < -0.4 is 4.57 Å². The second-order valence-electron chi connectivity index (χ2n) is 11.6. The van der Waals surface area contributed by atoms with Gasteiger partial charge < -0.3 is 14.2 Å². The molecule has 0 amide bonds. The second-order valence-corrected chi connectivity index (χ2v) is 11.6. The lowest BCUT2D eigenvalue weighted by molar-refractivity contribution is -0.727. The largest absolute Gasteiger partial charge is 0.513 e. The molecule has 44 heavy (non-hydrogen) atoms. The Hall–Kier alpha value is -5.68. The van der Waals surface area contributed by atoms with Crippen molar-refractivity contribution in [1.82, 2.24) is 14.1 Å². The van der Waals surface area contributed by atoms with Crippen LogP contribution in [0, 0.1) is 6.33 Å². The average molecular weight is 571 g/mol. The number of hydrogen-bond acceptors (Lipinski definition) is 2. The number of phenolic OH excluding ortho intramolecular Hbond substituents is 1. The normalized spacial score (nSPS) is 12.0. The maximum absolute atomic E-state index is 10.7. The van der Waals surface area contributed by atoms with Gasteiger partial charge in [-0.05, 0) is 49.7 Å². The highest BCUT2D eigenvalue weighted by atomic mass is 16.3. The number of aromatic nitrogens is 4. The Bertz CT molecular complexity index is 2330. The topological polar surface area (TPSA) is 46.9 Å². The lowest BCUT2D eigenvalue weighted by Gasteiger charge is -2.26. The molecular weight excluding hydrogens is 540 g/mol. The molecule has 5 heteroatoms. The van der Waals surface area contributed by atoms with Crippen molar-refractivity contribution in [3.63, 3.8) is 0 Å². The van der Waals surface area contributed by atoms with Crippen LogP contribution in [0.25, 0.3) is 55.6 Å². The second kappa shape index (κ2) is 9.96. The van der Waals surface area contributed by atoms with Crippen LogP contribution in [0.5, 0.6) is 5.75 Å². The van der Waals surface area contributed by atoms with Crippen molar-refractivity contribution in [3.8, 4) is 28.5 Å². The summed E-state index contributed by atoms with van der Waals surface area (Å²) in [7, 11) is 0. The van der Waals surface area contributed by atoms with Crippen molar-refractivity contribution >= 4 is 32.8 Å². The monoisotopic (exact) mass is 570 g/mol. The van der Waals surface area contributed by atoms with E-state index in [1.54, 1.807) is 6.07 Å². The molecule has 0 unspecified atom stereocenters. The van der Waals surface area contributed by atoms with Crippen molar-refractivity contribution in [2.45, 2.75) is 19.4 Å². The SMILES string of the molecule is CC(C)(c1ccc2c3ccccc3n(-c3cccc(-c4ccccc4)n3)c2c1)[n+]1[c-]n(-c2ccccc2O)c2ccccc21. The summed E-state index contributed by atoms with van der Waals surface area (Å²) in [6, 6.07) is 47.4. The summed E-state index contributed by atoms with van der Waals surface area (Å²) in [5, 5.41) is 13.1. The van der Waals surface area contributed by atoms with Crippen LogP contribution in [0.15, 0.2) is 140 Å². The van der Waals surface area contributed by atoms with E-state index in [-0.39, 0.29) is 5.75 Å². The van der Waals surface area contributed by atoms with Gasteiger partial charge in [-0.25, -0.2) is 4.98 Å². The molecule has 0 aliphatic rings. The zero-order valence-corrected chi connectivity index (χ0v) is 24.5. The fraction of sp³-hybridized carbons (Fsp3) is 0.0769. The standard InChI is InChI=1S/C39H30N4O/c1-39(2,42-26-41(33-18-8-9-19-34(33)42)35-20-10-11-21-37(35)44)28-23-24-30-29-15-6-7-17-32(29)43(36(30)25-28)38-22-12-16-31(40-38)27-13-4-3-5-14-27/h3-25,44H,1-2H3. The van der Waals surface area contributed by atoms with Gasteiger partial charge >= 0.3 is 0 Å². The molecule has 0 spiro atoms. The number of nitrogens with zero attached hydrogens (tertiary/aromatic N) is 4. The first-order chi connectivity index (χ1) is 21.5. The number of aromatic hydroxyl groups is 1. The third kappa shape index (κ3) is 4.01. The molecule has 0 aliphatic heterocycles. The van der Waals surface area contributed by atoms with Crippen LogP contribution >= 0.6 is 0 Å². The third-order valence-electron chi connectivity index (χ3n) is 8.66. The summed E-state index contributed by atoms with van der Waals surface area (Å²) in [5.74, 6) is 1.09. The Morgan fingerprint density at radius 2 is 1.36 bits per heavy atom. The molecule has 0 saturated heterocycles. The first-order valence-corrected chi connectivity index (χ1v) is 14.8. The van der Waals surface area contributed by atoms with Gasteiger partial charge in [0.1, 0.15) is 17.1 Å². The van der Waals surface area contributed by atoms with Crippen molar-refractivity contribution in [3.05, 3.63) is 151 Å². The molecule has 0 bridgehead atoms. The maximum atomic E-state index is 10.7. The lowest BCUT2D eigenvalue weighted by atomic mass is 9.92. The quantitative estimate of drug-likeness (QED) is 0.167. The molecule has 0 fully saturated rings. The van der Waals surface area contributed by atoms with Gasteiger partial charge in [0.05, 0.1) is 33.4 Å². The van der Waals surface area contributed by atoms with E-state index < -0.39 is 5.54 Å². The third-order valence-corrected chi connectivity index (χ3v) is 8.66. The molecule has 3 aromatic heterocycles. The van der Waals surface area contributed by atoms with E-state index in [1.807, 2.05) is 53.1 Å². The molecule has 5 nitrogen and oxygen atoms in total. The van der Waals surface area contributed by atoms with E-state index in [2.05, 4.69) is 114 Å². The summed E-state index contributed by atoms with van der Waals surface area (Å²) in [5.41, 5.74) is 7.58. The van der Waals surface area contributed by atoms with Crippen molar-refractivity contribution in [2.24, 2.45) is 0 Å². The van der Waals surface area contributed by atoms with Gasteiger partial charge in [-0.2, -0.15) is 0 Å². The molecule has 3 heterocycles. The van der Waals surface area contributed by atoms with Crippen LogP contribution in [0.1, 0.15) is 19.4 Å². The molecular formula is C39H30N4O. The zero-order chi connectivity index (χ0) is 29.8. The number of pyridine rings is 1. The Kier molecular flexibility index (Phi) is 5.88. The van der Waals surface area contributed by atoms with Gasteiger partial charge in [0.2, 0.25) is 6.33 Å². The van der Waals surface area contributed by atoms with Crippen LogP contribution in [0.4, 0.5) is 0 Å². The van der Waals surface area contributed by atoms with Crippen molar-refractivity contribution in [2.75, 3.05) is 0 Å². The van der Waals surface area contributed by atoms with Gasteiger partial charge in [-0.3, -0.25) is 4.57 Å². The number of fused-ring (bicyclic) bond motifs is 4. The minimum atomic E-state index is -0.482. The van der Waals surface area contributed by atoms with Crippen molar-refractivity contribution in [1.29, 1.82) is 0 Å². The van der Waals surface area contributed by atoms with Gasteiger partial charge in [0, 0.05) is 16.3 Å². The molecule has 8 aromatic rings. The van der Waals surface area contributed by atoms with E-state index in [0.717, 1.165) is 44.7 Å². The maximum Gasteiger partial charge on any atom is 0.245 e. The predicted octanol–water partition coefficient (Wildman–Crippen LogP) is 8.37. The molecule has 0 radical (unpaired) electrons. The van der Waals surface area contributed by atoms with Crippen LogP contribution in [0.2, 0.25) is 0 Å². The van der Waals surface area contributed by atoms with Gasteiger partial charge in [0.25, 0.3) is 0 Å². The summed E-state index contributed by atoms with van der Waals surface area (Å²) in [6.07, 6.45) is 3.59.